The third kappa shape index (κ3) is 3.33. The van der Waals surface area contributed by atoms with E-state index in [1.54, 1.807) is 54.6 Å². The van der Waals surface area contributed by atoms with E-state index >= 15 is 0 Å². The van der Waals surface area contributed by atoms with Crippen molar-refractivity contribution in [2.24, 2.45) is 0 Å². The first kappa shape index (κ1) is 19.4. The summed E-state index contributed by atoms with van der Waals surface area (Å²) in [5, 5.41) is 10.9. The molecule has 1 fully saturated rings. The van der Waals surface area contributed by atoms with Gasteiger partial charge in [0.15, 0.2) is 0 Å². The molecule has 0 radical (unpaired) electrons. The van der Waals surface area contributed by atoms with E-state index in [1.807, 2.05) is 0 Å². The van der Waals surface area contributed by atoms with Crippen LogP contribution in [-0.4, -0.2) is 23.9 Å². The Hall–Kier alpha value is -3.93. The van der Waals surface area contributed by atoms with Gasteiger partial charge in [-0.2, -0.15) is 0 Å². The Kier molecular flexibility index (Phi) is 5.06. The molecule has 4 rings (SSSR count). The number of benzene rings is 3. The Morgan fingerprint density at radius 3 is 2.17 bits per heavy atom. The highest BCUT2D eigenvalue weighted by Gasteiger charge is 2.46. The van der Waals surface area contributed by atoms with E-state index in [0.29, 0.717) is 22.6 Å². The van der Waals surface area contributed by atoms with Crippen LogP contribution in [0.5, 0.6) is 5.75 Å². The number of rotatable bonds is 4. The summed E-state index contributed by atoms with van der Waals surface area (Å²) >= 11 is 0. The van der Waals surface area contributed by atoms with Gasteiger partial charge in [-0.1, -0.05) is 42.5 Å². The van der Waals surface area contributed by atoms with Gasteiger partial charge >= 0.3 is 0 Å². The molecule has 1 heterocycles. The Labute approximate surface area is 172 Å². The number of anilines is 1. The average Bonchev–Trinajstić information content (AvgIpc) is 3.05. The average molecular weight is 403 g/mol. The van der Waals surface area contributed by atoms with Crippen molar-refractivity contribution in [3.63, 3.8) is 0 Å². The molecular formula is C24H18FNO4. The predicted molar refractivity (Wildman–Crippen MR) is 111 cm³/mol. The Morgan fingerprint density at radius 2 is 1.57 bits per heavy atom. The number of aliphatic hydroxyl groups excluding tert-OH is 1. The molecule has 1 atom stereocenters. The maximum Gasteiger partial charge on any atom is 0.300 e. The number of carbonyl (C=O) groups excluding carboxylic acids is 2. The molecule has 30 heavy (non-hydrogen) atoms. The third-order valence-corrected chi connectivity index (χ3v) is 5.03. The lowest BCUT2D eigenvalue weighted by molar-refractivity contribution is -0.132. The SMILES string of the molecule is COc1ccc(N2C(=O)C(=O)/C(=C(/O)c3ccccc3)[C@H]2c2ccc(F)cc2)cc1. The summed E-state index contributed by atoms with van der Waals surface area (Å²) in [7, 11) is 1.53. The second-order valence-corrected chi connectivity index (χ2v) is 6.78. The molecule has 0 bridgehead atoms. The van der Waals surface area contributed by atoms with E-state index in [4.69, 9.17) is 4.74 Å². The van der Waals surface area contributed by atoms with Crippen molar-refractivity contribution in [3.05, 3.63) is 101 Å². The van der Waals surface area contributed by atoms with E-state index < -0.39 is 23.5 Å². The summed E-state index contributed by atoms with van der Waals surface area (Å²) in [5.74, 6) is -1.70. The first-order valence-electron chi connectivity index (χ1n) is 9.27. The minimum atomic E-state index is -0.904. The topological polar surface area (TPSA) is 66.8 Å². The van der Waals surface area contributed by atoms with E-state index in [1.165, 1.54) is 36.3 Å². The van der Waals surface area contributed by atoms with Crippen LogP contribution in [0.3, 0.4) is 0 Å². The Balaban J connectivity index is 1.92. The molecule has 0 saturated carbocycles. The number of carbonyl (C=O) groups is 2. The zero-order chi connectivity index (χ0) is 21.3. The van der Waals surface area contributed by atoms with Crippen molar-refractivity contribution < 1.29 is 23.8 Å². The molecule has 0 spiro atoms. The fourth-order valence-electron chi connectivity index (χ4n) is 3.55. The quantitative estimate of drug-likeness (QED) is 0.397. The number of amides is 1. The van der Waals surface area contributed by atoms with Crippen LogP contribution in [0.25, 0.3) is 5.76 Å². The molecule has 5 nitrogen and oxygen atoms in total. The molecule has 1 N–H and O–H groups in total. The number of halogens is 1. The van der Waals surface area contributed by atoms with E-state index in [0.717, 1.165) is 0 Å². The Morgan fingerprint density at radius 1 is 0.933 bits per heavy atom. The van der Waals surface area contributed by atoms with Crippen molar-refractivity contribution in [2.75, 3.05) is 12.0 Å². The van der Waals surface area contributed by atoms with Crippen molar-refractivity contribution in [2.45, 2.75) is 6.04 Å². The van der Waals surface area contributed by atoms with Gasteiger partial charge in [-0.15, -0.1) is 0 Å². The van der Waals surface area contributed by atoms with Gasteiger partial charge in [0.2, 0.25) is 0 Å². The summed E-state index contributed by atoms with van der Waals surface area (Å²) in [6.45, 7) is 0. The molecule has 6 heteroatoms. The van der Waals surface area contributed by atoms with Crippen LogP contribution < -0.4 is 9.64 Å². The van der Waals surface area contributed by atoms with Crippen LogP contribution in [0.1, 0.15) is 17.2 Å². The first-order valence-corrected chi connectivity index (χ1v) is 9.27. The van der Waals surface area contributed by atoms with Gasteiger partial charge in [-0.25, -0.2) is 4.39 Å². The molecule has 1 aliphatic rings. The zero-order valence-corrected chi connectivity index (χ0v) is 16.1. The van der Waals surface area contributed by atoms with Gasteiger partial charge in [0.1, 0.15) is 17.3 Å². The molecule has 3 aromatic rings. The minimum Gasteiger partial charge on any atom is -0.507 e. The summed E-state index contributed by atoms with van der Waals surface area (Å²) < 4.78 is 18.7. The highest BCUT2D eigenvalue weighted by atomic mass is 19.1. The van der Waals surface area contributed by atoms with Crippen LogP contribution in [0, 0.1) is 5.82 Å². The first-order chi connectivity index (χ1) is 14.5. The number of nitrogens with zero attached hydrogens (tertiary/aromatic N) is 1. The second-order valence-electron chi connectivity index (χ2n) is 6.78. The van der Waals surface area contributed by atoms with Crippen LogP contribution in [0.2, 0.25) is 0 Å². The number of ether oxygens (including phenoxy) is 1. The largest absolute Gasteiger partial charge is 0.507 e. The van der Waals surface area contributed by atoms with E-state index in [-0.39, 0.29) is 11.3 Å². The van der Waals surface area contributed by atoms with Crippen LogP contribution in [-0.2, 0) is 9.59 Å². The van der Waals surface area contributed by atoms with Gasteiger partial charge in [0.05, 0.1) is 18.7 Å². The highest BCUT2D eigenvalue weighted by Crippen LogP contribution is 2.42. The minimum absolute atomic E-state index is 0.0476. The molecular weight excluding hydrogens is 385 g/mol. The van der Waals surface area contributed by atoms with Crippen molar-refractivity contribution in [1.82, 2.24) is 0 Å². The smallest absolute Gasteiger partial charge is 0.300 e. The lowest BCUT2D eigenvalue weighted by atomic mass is 9.95. The standard InChI is InChI=1S/C24H18FNO4/c1-30-19-13-11-18(12-14-19)26-21(15-7-9-17(25)10-8-15)20(23(28)24(26)29)22(27)16-5-3-2-4-6-16/h2-14,21,27H,1H3/b22-20+/t21-/m1/s1. The van der Waals surface area contributed by atoms with Gasteiger partial charge < -0.3 is 9.84 Å². The number of hydrogen-bond acceptors (Lipinski definition) is 4. The Bertz CT molecular complexity index is 1120. The van der Waals surface area contributed by atoms with Crippen LogP contribution in [0.15, 0.2) is 84.4 Å². The van der Waals surface area contributed by atoms with Crippen molar-refractivity contribution in [1.29, 1.82) is 0 Å². The number of methoxy groups -OCH3 is 1. The zero-order valence-electron chi connectivity index (χ0n) is 16.1. The molecule has 0 aliphatic carbocycles. The maximum absolute atomic E-state index is 13.5. The fourth-order valence-corrected chi connectivity index (χ4v) is 3.55. The lowest BCUT2D eigenvalue weighted by Crippen LogP contribution is -2.29. The van der Waals surface area contributed by atoms with E-state index in [2.05, 4.69) is 0 Å². The van der Waals surface area contributed by atoms with Gasteiger partial charge in [-0.05, 0) is 42.0 Å². The molecule has 0 unspecified atom stereocenters. The number of hydrogen-bond donors (Lipinski definition) is 1. The van der Waals surface area contributed by atoms with Gasteiger partial charge in [-0.3, -0.25) is 14.5 Å². The maximum atomic E-state index is 13.5. The van der Waals surface area contributed by atoms with E-state index in [9.17, 15) is 19.1 Å². The fraction of sp³-hybridized carbons (Fsp3) is 0.0833. The van der Waals surface area contributed by atoms with Crippen molar-refractivity contribution in [3.8, 4) is 5.75 Å². The summed E-state index contributed by atoms with van der Waals surface area (Å²) in [6, 6.07) is 19.8. The van der Waals surface area contributed by atoms with Crippen molar-refractivity contribution >= 4 is 23.1 Å². The number of Topliss-reactive ketones (excluding diaryl/α,β-unsaturated/α-hetero) is 1. The monoisotopic (exact) mass is 403 g/mol. The van der Waals surface area contributed by atoms with Gasteiger partial charge in [0, 0.05) is 11.3 Å². The lowest BCUT2D eigenvalue weighted by Gasteiger charge is -2.25. The summed E-state index contributed by atoms with van der Waals surface area (Å²) in [5.41, 5.74) is 1.33. The molecule has 150 valence electrons. The van der Waals surface area contributed by atoms with Crippen LogP contribution in [0.4, 0.5) is 10.1 Å². The highest BCUT2D eigenvalue weighted by molar-refractivity contribution is 6.51. The molecule has 1 aliphatic heterocycles. The normalized spacial score (nSPS) is 17.9. The summed E-state index contributed by atoms with van der Waals surface area (Å²) in [6.07, 6.45) is 0. The molecule has 0 aromatic heterocycles. The summed E-state index contributed by atoms with van der Waals surface area (Å²) in [4.78, 5) is 27.3. The van der Waals surface area contributed by atoms with Crippen LogP contribution >= 0.6 is 0 Å². The van der Waals surface area contributed by atoms with Gasteiger partial charge in [0.25, 0.3) is 11.7 Å². The second kappa shape index (κ2) is 7.83. The predicted octanol–water partition coefficient (Wildman–Crippen LogP) is 4.46. The molecule has 3 aromatic carbocycles. The molecule has 1 amide bonds. The number of ketones is 1. The molecule has 1 saturated heterocycles. The number of aliphatic hydroxyl groups is 1. The third-order valence-electron chi connectivity index (χ3n) is 5.03.